The Morgan fingerprint density at radius 1 is 0.973 bits per heavy atom. The number of halogens is 6. The first-order valence-corrected chi connectivity index (χ1v) is 12.7. The Bertz CT molecular complexity index is 1550. The Labute approximate surface area is 217 Å². The van der Waals surface area contributed by atoms with E-state index < -0.39 is 27.9 Å². The molecule has 2 heterocycles. The minimum atomic E-state index is -5.38. The molecule has 4 rings (SSSR count). The van der Waals surface area contributed by atoms with E-state index in [4.69, 9.17) is 23.2 Å². The van der Waals surface area contributed by atoms with Crippen LogP contribution in [-0.4, -0.2) is 40.2 Å². The zero-order valence-electron chi connectivity index (χ0n) is 18.5. The van der Waals surface area contributed by atoms with Gasteiger partial charge in [0.1, 0.15) is 0 Å². The SMILES string of the molecule is O=S(=O)(NCCCn1ncc2cc(Nc3ncc(F)c(Nc4ccc(Cl)c(Cl)c4)n3)ccc21)C(F)(F)F. The van der Waals surface area contributed by atoms with Crippen LogP contribution in [0, 0.1) is 5.82 Å². The molecule has 16 heteroatoms. The monoisotopic (exact) mass is 577 g/mol. The van der Waals surface area contributed by atoms with Crippen molar-refractivity contribution >= 4 is 67.3 Å². The highest BCUT2D eigenvalue weighted by Crippen LogP contribution is 2.28. The van der Waals surface area contributed by atoms with Crippen molar-refractivity contribution in [3.63, 3.8) is 0 Å². The predicted molar refractivity (Wildman–Crippen MR) is 132 cm³/mol. The fourth-order valence-corrected chi connectivity index (χ4v) is 4.09. The van der Waals surface area contributed by atoms with Crippen LogP contribution in [0.25, 0.3) is 10.9 Å². The summed E-state index contributed by atoms with van der Waals surface area (Å²) in [5, 5.41) is 11.3. The van der Waals surface area contributed by atoms with Gasteiger partial charge in [-0.3, -0.25) is 4.68 Å². The number of nitrogens with zero attached hydrogens (tertiary/aromatic N) is 4. The van der Waals surface area contributed by atoms with E-state index in [1.807, 2.05) is 0 Å². The van der Waals surface area contributed by atoms with E-state index >= 15 is 0 Å². The van der Waals surface area contributed by atoms with Gasteiger partial charge in [-0.25, -0.2) is 22.5 Å². The Hall–Kier alpha value is -3.20. The van der Waals surface area contributed by atoms with Crippen molar-refractivity contribution in [2.24, 2.45) is 0 Å². The molecule has 0 bridgehead atoms. The number of hydrogen-bond acceptors (Lipinski definition) is 7. The Morgan fingerprint density at radius 2 is 1.70 bits per heavy atom. The molecule has 0 radical (unpaired) electrons. The van der Waals surface area contributed by atoms with Gasteiger partial charge in [0.25, 0.3) is 0 Å². The van der Waals surface area contributed by atoms with E-state index in [1.165, 1.54) is 15.5 Å². The van der Waals surface area contributed by atoms with Crippen LogP contribution < -0.4 is 15.4 Å². The molecule has 196 valence electrons. The normalized spacial score (nSPS) is 12.2. The van der Waals surface area contributed by atoms with Crippen molar-refractivity contribution < 1.29 is 26.0 Å². The van der Waals surface area contributed by atoms with E-state index in [1.54, 1.807) is 36.5 Å². The maximum atomic E-state index is 14.3. The molecule has 9 nitrogen and oxygen atoms in total. The van der Waals surface area contributed by atoms with Crippen molar-refractivity contribution in [3.05, 3.63) is 64.7 Å². The van der Waals surface area contributed by atoms with Gasteiger partial charge in [-0.2, -0.15) is 23.3 Å². The Balaban J connectivity index is 1.42. The first kappa shape index (κ1) is 26.9. The molecule has 2 aromatic carbocycles. The van der Waals surface area contributed by atoms with E-state index in [0.717, 1.165) is 6.20 Å². The number of alkyl halides is 3. The molecule has 0 atom stereocenters. The summed E-state index contributed by atoms with van der Waals surface area (Å²) < 4.78 is 76.6. The van der Waals surface area contributed by atoms with Crippen LogP contribution in [0.2, 0.25) is 10.0 Å². The van der Waals surface area contributed by atoms with E-state index in [2.05, 4.69) is 25.7 Å². The molecular weight excluding hydrogens is 561 g/mol. The number of sulfonamides is 1. The quantitative estimate of drug-likeness (QED) is 0.175. The fourth-order valence-electron chi connectivity index (χ4n) is 3.21. The second-order valence-electron chi connectivity index (χ2n) is 7.61. The minimum Gasteiger partial charge on any atom is -0.338 e. The first-order chi connectivity index (χ1) is 17.4. The molecule has 0 spiro atoms. The molecule has 37 heavy (non-hydrogen) atoms. The van der Waals surface area contributed by atoms with Crippen molar-refractivity contribution in [1.82, 2.24) is 24.5 Å². The lowest BCUT2D eigenvalue weighted by molar-refractivity contribution is -0.0447. The lowest BCUT2D eigenvalue weighted by atomic mass is 10.2. The summed E-state index contributed by atoms with van der Waals surface area (Å²) in [6, 6.07) is 9.81. The standard InChI is InChI=1S/C21H17Cl2F4N7O2S/c22-15-4-2-14(9-16(15)23)31-19-17(24)11-28-20(33-19)32-13-3-5-18-12(8-13)10-29-34(18)7-1-6-30-37(35,36)21(25,26)27/h2-5,8-11,30H,1,6-7H2,(H2,28,31,32,33). The minimum absolute atomic E-state index is 0.0874. The van der Waals surface area contributed by atoms with Gasteiger partial charge >= 0.3 is 15.5 Å². The lowest BCUT2D eigenvalue weighted by Crippen LogP contribution is -2.37. The van der Waals surface area contributed by atoms with Crippen LogP contribution in [0.1, 0.15) is 6.42 Å². The number of hydrogen-bond donors (Lipinski definition) is 3. The molecule has 0 aliphatic carbocycles. The highest BCUT2D eigenvalue weighted by molar-refractivity contribution is 7.90. The third-order valence-corrected chi connectivity index (χ3v) is 6.90. The smallest absolute Gasteiger partial charge is 0.338 e. The van der Waals surface area contributed by atoms with Crippen LogP contribution in [0.3, 0.4) is 0 Å². The van der Waals surface area contributed by atoms with Crippen LogP contribution in [-0.2, 0) is 16.6 Å². The zero-order valence-corrected chi connectivity index (χ0v) is 20.8. The summed E-state index contributed by atoms with van der Waals surface area (Å²) in [4.78, 5) is 8.08. The van der Waals surface area contributed by atoms with Gasteiger partial charge in [-0.15, -0.1) is 0 Å². The van der Waals surface area contributed by atoms with Gasteiger partial charge in [0.15, 0.2) is 11.6 Å². The van der Waals surface area contributed by atoms with Crippen LogP contribution in [0.4, 0.5) is 40.7 Å². The molecule has 0 aliphatic heterocycles. The molecule has 0 saturated carbocycles. The maximum absolute atomic E-state index is 14.3. The summed E-state index contributed by atoms with van der Waals surface area (Å²) in [5.74, 6) is -0.676. The zero-order chi connectivity index (χ0) is 26.8. The van der Waals surface area contributed by atoms with E-state index in [-0.39, 0.29) is 29.8 Å². The number of aromatic nitrogens is 4. The third-order valence-electron chi connectivity index (χ3n) is 4.97. The van der Waals surface area contributed by atoms with Crippen LogP contribution in [0.5, 0.6) is 0 Å². The first-order valence-electron chi connectivity index (χ1n) is 10.5. The van der Waals surface area contributed by atoms with Gasteiger partial charge in [0.05, 0.1) is 28.0 Å². The second-order valence-corrected chi connectivity index (χ2v) is 10.2. The maximum Gasteiger partial charge on any atom is 0.511 e. The average molecular weight is 578 g/mol. The second kappa shape index (κ2) is 10.7. The number of fused-ring (bicyclic) bond motifs is 1. The lowest BCUT2D eigenvalue weighted by Gasteiger charge is -2.11. The van der Waals surface area contributed by atoms with Gasteiger partial charge in [0.2, 0.25) is 5.95 Å². The van der Waals surface area contributed by atoms with Gasteiger partial charge in [-0.05, 0) is 42.8 Å². The van der Waals surface area contributed by atoms with Gasteiger partial charge < -0.3 is 10.6 Å². The van der Waals surface area contributed by atoms with E-state index in [9.17, 15) is 26.0 Å². The van der Waals surface area contributed by atoms with Crippen molar-refractivity contribution in [3.8, 4) is 0 Å². The molecule has 2 aromatic heterocycles. The topological polar surface area (TPSA) is 114 Å². The van der Waals surface area contributed by atoms with Crippen LogP contribution in [0.15, 0.2) is 48.8 Å². The van der Waals surface area contributed by atoms with Gasteiger partial charge in [0, 0.05) is 29.9 Å². The number of aryl methyl sites for hydroxylation is 1. The Kier molecular flexibility index (Phi) is 7.73. The molecule has 3 N–H and O–H groups in total. The highest BCUT2D eigenvalue weighted by atomic mass is 35.5. The Morgan fingerprint density at radius 3 is 2.43 bits per heavy atom. The summed E-state index contributed by atoms with van der Waals surface area (Å²) in [6.07, 6.45) is 2.63. The summed E-state index contributed by atoms with van der Waals surface area (Å²) >= 11 is 11.9. The largest absolute Gasteiger partial charge is 0.511 e. The number of rotatable bonds is 9. The molecule has 0 unspecified atom stereocenters. The van der Waals surface area contributed by atoms with Crippen LogP contribution >= 0.6 is 23.2 Å². The van der Waals surface area contributed by atoms with Crippen molar-refractivity contribution in [2.45, 2.75) is 18.5 Å². The summed E-state index contributed by atoms with van der Waals surface area (Å²) in [7, 11) is -5.38. The van der Waals surface area contributed by atoms with E-state index in [0.29, 0.717) is 27.3 Å². The summed E-state index contributed by atoms with van der Waals surface area (Å²) in [5.41, 5.74) is -3.65. The van der Waals surface area contributed by atoms with Gasteiger partial charge in [-0.1, -0.05) is 23.2 Å². The molecular formula is C21H17Cl2F4N7O2S. The number of nitrogens with one attached hydrogen (secondary N) is 3. The fraction of sp³-hybridized carbons (Fsp3) is 0.190. The molecule has 0 saturated heterocycles. The number of benzene rings is 2. The third kappa shape index (κ3) is 6.39. The molecule has 4 aromatic rings. The molecule has 0 fully saturated rings. The molecule has 0 aliphatic rings. The molecule has 0 amide bonds. The van der Waals surface area contributed by atoms with Crippen molar-refractivity contribution in [2.75, 3.05) is 17.2 Å². The summed E-state index contributed by atoms with van der Waals surface area (Å²) in [6.45, 7) is -0.217. The highest BCUT2D eigenvalue weighted by Gasteiger charge is 2.45. The van der Waals surface area contributed by atoms with Crippen molar-refractivity contribution in [1.29, 1.82) is 0 Å². The number of anilines is 4. The predicted octanol–water partition coefficient (Wildman–Crippen LogP) is 5.59. The average Bonchev–Trinajstić information content (AvgIpc) is 3.23.